The van der Waals surface area contributed by atoms with Crippen LogP contribution in [-0.4, -0.2) is 58.2 Å². The van der Waals surface area contributed by atoms with Crippen LogP contribution >= 0.6 is 0 Å². The van der Waals surface area contributed by atoms with Crippen LogP contribution in [0, 0.1) is 0 Å². The highest BCUT2D eigenvalue weighted by molar-refractivity contribution is 7.93. The van der Waals surface area contributed by atoms with Crippen LogP contribution in [0.3, 0.4) is 0 Å². The minimum Gasteiger partial charge on any atom is -0.328 e. The van der Waals surface area contributed by atoms with Crippen LogP contribution in [0.5, 0.6) is 0 Å². The Morgan fingerprint density at radius 3 is 2.18 bits per heavy atom. The minimum atomic E-state index is -3.74. The number of carbonyl (C=O) groups is 4. The summed E-state index contributed by atoms with van der Waals surface area (Å²) in [5.41, 5.74) is 0. The van der Waals surface area contributed by atoms with Gasteiger partial charge in [0.1, 0.15) is 10.1 Å². The number of rotatable bonds is 2. The van der Waals surface area contributed by atoms with Gasteiger partial charge >= 0.3 is 5.97 Å². The summed E-state index contributed by atoms with van der Waals surface area (Å²) < 4.78 is 23.2. The number of amides is 3. The third-order valence-corrected chi connectivity index (χ3v) is 7.19. The van der Waals surface area contributed by atoms with Crippen molar-refractivity contribution in [3.63, 3.8) is 0 Å². The Labute approximate surface area is 126 Å². The molecule has 9 nitrogen and oxygen atoms in total. The number of hydrogen-bond donors (Lipinski definition) is 0. The Morgan fingerprint density at radius 2 is 1.68 bits per heavy atom. The minimum absolute atomic E-state index is 0.0657. The number of carbonyl (C=O) groups excluding carboxylic acids is 4. The molecule has 3 aliphatic heterocycles. The van der Waals surface area contributed by atoms with E-state index in [0.29, 0.717) is 5.06 Å². The molecule has 3 rings (SSSR count). The molecule has 3 saturated heterocycles. The molecule has 22 heavy (non-hydrogen) atoms. The molecular weight excluding hydrogens is 316 g/mol. The summed E-state index contributed by atoms with van der Waals surface area (Å²) >= 11 is 0. The quantitative estimate of drug-likeness (QED) is 0.457. The fraction of sp³-hybridized carbons (Fsp3) is 0.667. The SMILES string of the molecule is CC1(C)[C@H](C(=O)ON2C(=O)CCC2=O)N2C(=O)C[C@@H]2S1(=O)=O. The van der Waals surface area contributed by atoms with Crippen LogP contribution in [-0.2, 0) is 33.9 Å². The zero-order valence-electron chi connectivity index (χ0n) is 11.9. The molecule has 2 atom stereocenters. The van der Waals surface area contributed by atoms with Crippen molar-refractivity contribution in [2.75, 3.05) is 0 Å². The largest absolute Gasteiger partial charge is 0.357 e. The molecular formula is C12H14N2O7S. The summed E-state index contributed by atoms with van der Waals surface area (Å²) in [6, 6.07) is -1.37. The van der Waals surface area contributed by atoms with E-state index in [4.69, 9.17) is 4.84 Å². The normalized spacial score (nSPS) is 32.0. The third-order valence-electron chi connectivity index (χ3n) is 4.39. The first-order valence-electron chi connectivity index (χ1n) is 6.71. The van der Waals surface area contributed by atoms with Crippen molar-refractivity contribution >= 4 is 33.5 Å². The Morgan fingerprint density at radius 1 is 1.14 bits per heavy atom. The van der Waals surface area contributed by atoms with Crippen molar-refractivity contribution in [2.24, 2.45) is 0 Å². The predicted molar refractivity (Wildman–Crippen MR) is 69.2 cm³/mol. The lowest BCUT2D eigenvalue weighted by Gasteiger charge is -2.36. The van der Waals surface area contributed by atoms with Gasteiger partial charge in [-0.05, 0) is 13.8 Å². The maximum atomic E-state index is 12.4. The Hall–Kier alpha value is -1.97. The number of nitrogens with zero attached hydrogens (tertiary/aromatic N) is 2. The lowest BCUT2D eigenvalue weighted by molar-refractivity contribution is -0.203. The maximum absolute atomic E-state index is 12.4. The number of hydrogen-bond acceptors (Lipinski definition) is 7. The van der Waals surface area contributed by atoms with Gasteiger partial charge in [-0.15, -0.1) is 5.06 Å². The van der Waals surface area contributed by atoms with Crippen LogP contribution < -0.4 is 0 Å². The van der Waals surface area contributed by atoms with Gasteiger partial charge in [-0.25, -0.2) is 13.2 Å². The zero-order valence-corrected chi connectivity index (χ0v) is 12.8. The van der Waals surface area contributed by atoms with Crippen molar-refractivity contribution < 1.29 is 32.4 Å². The molecule has 0 unspecified atom stereocenters. The second-order valence-electron chi connectivity index (χ2n) is 6.00. The van der Waals surface area contributed by atoms with Gasteiger partial charge in [-0.2, -0.15) is 0 Å². The Kier molecular flexibility index (Phi) is 2.91. The maximum Gasteiger partial charge on any atom is 0.357 e. The van der Waals surface area contributed by atoms with Crippen LogP contribution in [0.1, 0.15) is 33.1 Å². The molecule has 0 aromatic carbocycles. The van der Waals surface area contributed by atoms with E-state index in [1.165, 1.54) is 13.8 Å². The van der Waals surface area contributed by atoms with Crippen LogP contribution in [0.4, 0.5) is 0 Å². The number of hydroxylamine groups is 2. The van der Waals surface area contributed by atoms with E-state index < -0.39 is 49.7 Å². The molecule has 120 valence electrons. The van der Waals surface area contributed by atoms with Gasteiger partial charge in [0.05, 0.1) is 6.42 Å². The van der Waals surface area contributed by atoms with Gasteiger partial charge in [0.25, 0.3) is 11.8 Å². The van der Waals surface area contributed by atoms with Crippen molar-refractivity contribution in [1.29, 1.82) is 0 Å². The summed E-state index contributed by atoms with van der Waals surface area (Å²) in [5.74, 6) is -2.89. The van der Waals surface area contributed by atoms with Crippen LogP contribution in [0.2, 0.25) is 0 Å². The molecule has 0 saturated carbocycles. The Balaban J connectivity index is 1.90. The summed E-state index contributed by atoms with van der Waals surface area (Å²) in [7, 11) is -3.74. The van der Waals surface area contributed by atoms with E-state index in [2.05, 4.69) is 0 Å². The summed E-state index contributed by atoms with van der Waals surface area (Å²) in [6.07, 6.45) is -0.301. The third kappa shape index (κ3) is 1.67. The molecule has 3 heterocycles. The average molecular weight is 330 g/mol. The summed E-state index contributed by atoms with van der Waals surface area (Å²) in [6.45, 7) is 2.65. The molecule has 0 N–H and O–H groups in total. The molecule has 0 radical (unpaired) electrons. The van der Waals surface area contributed by atoms with Gasteiger partial charge in [0, 0.05) is 12.8 Å². The van der Waals surface area contributed by atoms with Crippen molar-refractivity contribution in [3.8, 4) is 0 Å². The second kappa shape index (κ2) is 4.28. The van der Waals surface area contributed by atoms with Crippen molar-refractivity contribution in [2.45, 2.75) is 49.3 Å². The van der Waals surface area contributed by atoms with Gasteiger partial charge in [-0.1, -0.05) is 0 Å². The first kappa shape index (κ1) is 14.9. The van der Waals surface area contributed by atoms with Gasteiger partial charge < -0.3 is 9.74 Å². The van der Waals surface area contributed by atoms with Gasteiger partial charge in [0.2, 0.25) is 5.91 Å². The Bertz CT molecular complexity index is 695. The van der Waals surface area contributed by atoms with E-state index in [9.17, 15) is 27.6 Å². The van der Waals surface area contributed by atoms with E-state index in [1.807, 2.05) is 0 Å². The first-order valence-corrected chi connectivity index (χ1v) is 8.26. The smallest absolute Gasteiger partial charge is 0.328 e. The molecule has 0 aliphatic carbocycles. The predicted octanol–water partition coefficient (Wildman–Crippen LogP) is -1.27. The van der Waals surface area contributed by atoms with Crippen molar-refractivity contribution in [1.82, 2.24) is 9.96 Å². The fourth-order valence-corrected chi connectivity index (χ4v) is 5.13. The number of sulfone groups is 1. The molecule has 0 bridgehead atoms. The van der Waals surface area contributed by atoms with Crippen LogP contribution in [0.15, 0.2) is 0 Å². The highest BCUT2D eigenvalue weighted by atomic mass is 32.2. The highest BCUT2D eigenvalue weighted by Crippen LogP contribution is 2.46. The molecule has 0 spiro atoms. The fourth-order valence-electron chi connectivity index (χ4n) is 3.01. The van der Waals surface area contributed by atoms with E-state index in [-0.39, 0.29) is 19.3 Å². The molecule has 3 fully saturated rings. The number of β-lactam (4-membered cyclic amide) rings is 1. The lowest BCUT2D eigenvalue weighted by Crippen LogP contribution is -2.58. The van der Waals surface area contributed by atoms with Crippen molar-refractivity contribution in [3.05, 3.63) is 0 Å². The topological polar surface area (TPSA) is 118 Å². The zero-order chi connectivity index (χ0) is 16.4. The first-order chi connectivity index (χ1) is 10.1. The highest BCUT2D eigenvalue weighted by Gasteiger charge is 2.68. The second-order valence-corrected chi connectivity index (χ2v) is 8.69. The monoisotopic (exact) mass is 330 g/mol. The van der Waals surface area contributed by atoms with Gasteiger partial charge in [-0.3, -0.25) is 14.4 Å². The molecule has 0 aromatic rings. The molecule has 3 amide bonds. The average Bonchev–Trinajstić information content (AvgIpc) is 2.77. The molecule has 3 aliphatic rings. The molecule has 0 aromatic heterocycles. The number of fused-ring (bicyclic) bond motifs is 1. The van der Waals surface area contributed by atoms with Gasteiger partial charge in [0.15, 0.2) is 15.9 Å². The van der Waals surface area contributed by atoms with E-state index >= 15 is 0 Å². The summed E-state index contributed by atoms with van der Waals surface area (Å²) in [4.78, 5) is 52.7. The standard InChI is InChI=1S/C12H14N2O7S/c1-12(2)10(13-8(17)5-9(13)22(12,19)20)11(18)21-14-6(15)3-4-7(14)16/h9-10H,3-5H2,1-2H3/t9-,10-/m0/s1. The van der Waals surface area contributed by atoms with Crippen LogP contribution in [0.25, 0.3) is 0 Å². The number of imide groups is 1. The van der Waals surface area contributed by atoms with E-state index in [1.54, 1.807) is 0 Å². The summed E-state index contributed by atoms with van der Waals surface area (Å²) in [5, 5.41) is -0.694. The lowest BCUT2D eigenvalue weighted by atomic mass is 9.98. The molecule has 10 heteroatoms. The van der Waals surface area contributed by atoms with E-state index in [0.717, 1.165) is 4.90 Å².